The van der Waals surface area contributed by atoms with Crippen molar-refractivity contribution in [1.82, 2.24) is 0 Å². The fourth-order valence-electron chi connectivity index (χ4n) is 9.24. The van der Waals surface area contributed by atoms with Crippen molar-refractivity contribution in [1.29, 1.82) is 0 Å². The first-order chi connectivity index (χ1) is 43.0. The molecular formula is C78H131NO8P+. The minimum Gasteiger partial charge on any atom is -0.462 e. The van der Waals surface area contributed by atoms with Crippen LogP contribution in [0.3, 0.4) is 0 Å². The zero-order chi connectivity index (χ0) is 64.1. The van der Waals surface area contributed by atoms with Crippen molar-refractivity contribution in [3.8, 4) is 0 Å². The van der Waals surface area contributed by atoms with E-state index in [2.05, 4.69) is 172 Å². The molecule has 0 aliphatic rings. The fourth-order valence-corrected chi connectivity index (χ4v) is 9.98. The molecule has 88 heavy (non-hydrogen) atoms. The Labute approximate surface area is 541 Å². The number of carbonyl (C=O) groups is 2. The van der Waals surface area contributed by atoms with E-state index in [-0.39, 0.29) is 32.0 Å². The number of likely N-dealkylation sites (N-methyl/N-ethyl adjacent to an activating group) is 1. The maximum absolute atomic E-state index is 12.9. The van der Waals surface area contributed by atoms with E-state index in [1.165, 1.54) is 116 Å². The molecule has 0 heterocycles. The largest absolute Gasteiger partial charge is 0.472 e. The zero-order valence-electron chi connectivity index (χ0n) is 56.9. The monoisotopic (exact) mass is 1240 g/mol. The number of phosphoric ester groups is 1. The van der Waals surface area contributed by atoms with E-state index in [0.717, 1.165) is 122 Å². The van der Waals surface area contributed by atoms with E-state index in [1.54, 1.807) is 0 Å². The Morgan fingerprint density at radius 1 is 0.352 bits per heavy atom. The van der Waals surface area contributed by atoms with Gasteiger partial charge in [0.2, 0.25) is 0 Å². The van der Waals surface area contributed by atoms with Gasteiger partial charge in [0, 0.05) is 12.8 Å². The topological polar surface area (TPSA) is 108 Å². The Hall–Kier alpha value is -4.37. The van der Waals surface area contributed by atoms with Crippen molar-refractivity contribution >= 4 is 19.8 Å². The highest BCUT2D eigenvalue weighted by Crippen LogP contribution is 2.43. The average molecular weight is 1240 g/mol. The van der Waals surface area contributed by atoms with E-state index in [4.69, 9.17) is 18.5 Å². The molecule has 0 saturated carbocycles. The summed E-state index contributed by atoms with van der Waals surface area (Å²) in [4.78, 5) is 35.9. The van der Waals surface area contributed by atoms with Gasteiger partial charge in [-0.05, 0) is 122 Å². The highest BCUT2D eigenvalue weighted by molar-refractivity contribution is 7.47. The number of hydrogen-bond acceptors (Lipinski definition) is 7. The molecule has 0 aromatic rings. The SMILES string of the molecule is CC/C=C\C/C=C\C/C=C\C/C=C\C/C=C\C/C=C\C/C=C\C/C=C\C/C=C\CCCCCC(=O)OC(COC(=O)CCCCCCCCCCCCCCCCCCCCCC/C=C\C/C=C\C/C=C\C/C=C\CC)COP(=O)(O)OCC[N+](C)(C)C. The van der Waals surface area contributed by atoms with Crippen LogP contribution in [-0.4, -0.2) is 74.9 Å². The molecule has 0 amide bonds. The minimum absolute atomic E-state index is 0.0176. The molecule has 9 nitrogen and oxygen atoms in total. The second kappa shape index (κ2) is 67.0. The van der Waals surface area contributed by atoms with E-state index in [9.17, 15) is 19.0 Å². The van der Waals surface area contributed by atoms with Gasteiger partial charge in [0.15, 0.2) is 6.10 Å². The van der Waals surface area contributed by atoms with Gasteiger partial charge >= 0.3 is 19.8 Å². The number of rotatable bonds is 63. The standard InChI is InChI=1S/C78H130NO8P/c1-6-8-10-12-14-16-18-20-22-24-26-28-30-32-34-36-38-39-41-42-44-46-48-50-52-54-56-58-60-62-64-66-68-70-77(80)84-74-76(75-86-88(82,83)85-73-72-79(3,4)5)87-78(81)71-69-67-65-63-61-59-57-55-53-51-49-47-45-43-40-37-35-33-31-29-27-25-23-21-19-17-15-13-11-9-7-2/h8-11,14-17,20-23,26-29,33,35,40,43,47,49,53,55,59,61,76H,6-7,12-13,18-19,24-25,30-32,34,36-39,41-42,44-46,48,50-52,54,56-58,60,62-75H2,1-5H3/p+1/b10-8-,11-9-,16-14-,17-15-,22-20-,23-21-,28-26-,29-27-,35-33-,43-40-,49-47-,55-53-,61-59-. The van der Waals surface area contributed by atoms with Crippen molar-refractivity contribution in [2.24, 2.45) is 0 Å². The fraction of sp³-hybridized carbons (Fsp3) is 0.641. The van der Waals surface area contributed by atoms with Crippen molar-refractivity contribution in [3.63, 3.8) is 0 Å². The number of carbonyl (C=O) groups excluding carboxylic acids is 2. The number of ether oxygens (including phenoxy) is 2. The Bertz CT molecular complexity index is 2040. The number of unbranched alkanes of at least 4 members (excludes halogenated alkanes) is 23. The first-order valence-corrected chi connectivity index (χ1v) is 36.7. The molecule has 2 atom stereocenters. The lowest BCUT2D eigenvalue weighted by Gasteiger charge is -2.24. The molecule has 0 aliphatic carbocycles. The maximum Gasteiger partial charge on any atom is 0.472 e. The van der Waals surface area contributed by atoms with Crippen LogP contribution in [0.15, 0.2) is 158 Å². The first kappa shape index (κ1) is 83.6. The second-order valence-electron chi connectivity index (χ2n) is 24.2. The van der Waals surface area contributed by atoms with E-state index < -0.39 is 26.5 Å². The smallest absolute Gasteiger partial charge is 0.462 e. The minimum atomic E-state index is -4.41. The van der Waals surface area contributed by atoms with Crippen LogP contribution in [-0.2, 0) is 32.7 Å². The number of esters is 2. The summed E-state index contributed by atoms with van der Waals surface area (Å²) < 4.78 is 34.7. The van der Waals surface area contributed by atoms with Crippen LogP contribution < -0.4 is 0 Å². The number of quaternary nitrogens is 1. The molecule has 0 saturated heterocycles. The van der Waals surface area contributed by atoms with Gasteiger partial charge in [0.25, 0.3) is 0 Å². The molecule has 0 aliphatic heterocycles. The van der Waals surface area contributed by atoms with Gasteiger partial charge in [-0.2, -0.15) is 0 Å². The van der Waals surface area contributed by atoms with Gasteiger partial charge < -0.3 is 18.9 Å². The van der Waals surface area contributed by atoms with Crippen LogP contribution in [0.25, 0.3) is 0 Å². The summed E-state index contributed by atoms with van der Waals surface area (Å²) in [6, 6.07) is 0. The van der Waals surface area contributed by atoms with Gasteiger partial charge in [0.05, 0.1) is 27.7 Å². The van der Waals surface area contributed by atoms with Crippen molar-refractivity contribution in [2.75, 3.05) is 47.5 Å². The summed E-state index contributed by atoms with van der Waals surface area (Å²) in [7, 11) is 1.44. The Morgan fingerprint density at radius 3 is 0.920 bits per heavy atom. The highest BCUT2D eigenvalue weighted by Gasteiger charge is 2.27. The van der Waals surface area contributed by atoms with Crippen molar-refractivity contribution in [3.05, 3.63) is 158 Å². The van der Waals surface area contributed by atoms with Crippen molar-refractivity contribution < 1.29 is 42.1 Å². The first-order valence-electron chi connectivity index (χ1n) is 35.2. The predicted octanol–water partition coefficient (Wildman–Crippen LogP) is 23.2. The molecule has 10 heteroatoms. The summed E-state index contributed by atoms with van der Waals surface area (Å²) in [6.45, 7) is 4.17. The summed E-state index contributed by atoms with van der Waals surface area (Å²) in [5.74, 6) is -0.839. The van der Waals surface area contributed by atoms with Gasteiger partial charge in [-0.3, -0.25) is 18.6 Å². The summed E-state index contributed by atoms with van der Waals surface area (Å²) in [5.41, 5.74) is 0. The van der Waals surface area contributed by atoms with Gasteiger partial charge in [-0.1, -0.05) is 294 Å². The lowest BCUT2D eigenvalue weighted by atomic mass is 10.0. The van der Waals surface area contributed by atoms with Gasteiger partial charge in [-0.25, -0.2) is 4.57 Å². The number of nitrogens with zero attached hydrogens (tertiary/aromatic N) is 1. The maximum atomic E-state index is 12.9. The third-order valence-electron chi connectivity index (χ3n) is 14.6. The average Bonchev–Trinajstić information content (AvgIpc) is 3.68. The Kier molecular flexibility index (Phi) is 63.7. The molecule has 0 radical (unpaired) electrons. The lowest BCUT2D eigenvalue weighted by Crippen LogP contribution is -2.37. The number of hydrogen-bond donors (Lipinski definition) is 1. The molecular weight excluding hydrogens is 1110 g/mol. The normalized spacial score (nSPS) is 14.1. The van der Waals surface area contributed by atoms with Crippen LogP contribution in [0.4, 0.5) is 0 Å². The lowest BCUT2D eigenvalue weighted by molar-refractivity contribution is -0.870. The van der Waals surface area contributed by atoms with Crippen LogP contribution in [0.1, 0.15) is 271 Å². The molecule has 0 rings (SSSR count). The molecule has 1 N–H and O–H groups in total. The summed E-state index contributed by atoms with van der Waals surface area (Å²) in [5, 5.41) is 0. The predicted molar refractivity (Wildman–Crippen MR) is 380 cm³/mol. The van der Waals surface area contributed by atoms with Crippen LogP contribution in [0.2, 0.25) is 0 Å². The van der Waals surface area contributed by atoms with Crippen LogP contribution >= 0.6 is 7.82 Å². The molecule has 0 bridgehead atoms. The second-order valence-corrected chi connectivity index (χ2v) is 25.6. The summed E-state index contributed by atoms with van der Waals surface area (Å²) >= 11 is 0. The Balaban J connectivity index is 4.13. The quantitative estimate of drug-likeness (QED) is 0.0211. The van der Waals surface area contributed by atoms with E-state index >= 15 is 0 Å². The van der Waals surface area contributed by atoms with Crippen LogP contribution in [0.5, 0.6) is 0 Å². The molecule has 0 aromatic heterocycles. The summed E-state index contributed by atoms with van der Waals surface area (Å²) in [6.07, 6.45) is 101. The number of phosphoric acid groups is 1. The highest BCUT2D eigenvalue weighted by atomic mass is 31.2. The zero-order valence-corrected chi connectivity index (χ0v) is 57.8. The number of allylic oxidation sites excluding steroid dienone is 26. The van der Waals surface area contributed by atoms with Crippen LogP contribution in [0, 0.1) is 0 Å². The third kappa shape index (κ3) is 70.7. The van der Waals surface area contributed by atoms with E-state index in [0.29, 0.717) is 17.4 Å². The Morgan fingerprint density at radius 2 is 0.614 bits per heavy atom. The van der Waals surface area contributed by atoms with Gasteiger partial charge in [-0.15, -0.1) is 0 Å². The molecule has 500 valence electrons. The van der Waals surface area contributed by atoms with Crippen molar-refractivity contribution in [2.45, 2.75) is 277 Å². The molecule has 2 unspecified atom stereocenters. The van der Waals surface area contributed by atoms with Gasteiger partial charge in [0.1, 0.15) is 19.8 Å². The molecule has 0 spiro atoms. The third-order valence-corrected chi connectivity index (χ3v) is 15.5. The molecule has 0 aromatic carbocycles. The molecule has 0 fully saturated rings. The van der Waals surface area contributed by atoms with E-state index in [1.807, 2.05) is 21.1 Å².